The quantitative estimate of drug-likeness (QED) is 0.474. The van der Waals surface area contributed by atoms with Gasteiger partial charge in [-0.2, -0.15) is 0 Å². The number of ether oxygens (including phenoxy) is 1. The monoisotopic (exact) mass is 555 g/mol. The molecule has 4 rings (SSSR count). The van der Waals surface area contributed by atoms with Crippen LogP contribution in [0, 0.1) is 0 Å². The number of benzene rings is 3. The first-order valence-corrected chi connectivity index (χ1v) is 14.2. The summed E-state index contributed by atoms with van der Waals surface area (Å²) in [6, 6.07) is 16.5. The van der Waals surface area contributed by atoms with E-state index in [-0.39, 0.29) is 32.9 Å². The average Bonchev–Trinajstić information content (AvgIpc) is 2.81. The van der Waals surface area contributed by atoms with Gasteiger partial charge >= 0.3 is 0 Å². The van der Waals surface area contributed by atoms with Crippen LogP contribution in [0.2, 0.25) is 10.0 Å². The van der Waals surface area contributed by atoms with Gasteiger partial charge in [-0.15, -0.1) is 0 Å². The lowest BCUT2D eigenvalue weighted by molar-refractivity contribution is -0.122. The molecule has 0 fully saturated rings. The summed E-state index contributed by atoms with van der Waals surface area (Å²) in [6.45, 7) is -0.210. The zero-order chi connectivity index (χ0) is 25.4. The summed E-state index contributed by atoms with van der Waals surface area (Å²) >= 11 is 12.0. The minimum atomic E-state index is -3.98. The van der Waals surface area contributed by atoms with Crippen LogP contribution < -0.4 is 19.1 Å². The molecule has 2 N–H and O–H groups in total. The second kappa shape index (κ2) is 9.57. The first-order chi connectivity index (χ1) is 16.5. The molecule has 0 saturated heterocycles. The zero-order valence-corrected chi connectivity index (χ0v) is 21.2. The van der Waals surface area contributed by atoms with Crippen LogP contribution in [0.25, 0.3) is 0 Å². The number of fused-ring (bicyclic) bond motifs is 1. The number of carbonyl (C=O) groups excluding carboxylic acids is 1. The summed E-state index contributed by atoms with van der Waals surface area (Å²) < 4.78 is 59.1. The molecule has 0 spiro atoms. The summed E-state index contributed by atoms with van der Waals surface area (Å²) in [5.41, 5.74) is 0.769. The lowest BCUT2D eigenvalue weighted by Gasteiger charge is -2.33. The molecule has 0 unspecified atom stereocenters. The molecule has 9 nitrogen and oxygen atoms in total. The fourth-order valence-corrected chi connectivity index (χ4v) is 5.77. The van der Waals surface area contributed by atoms with Gasteiger partial charge in [-0.05, 0) is 48.5 Å². The zero-order valence-electron chi connectivity index (χ0n) is 18.1. The Morgan fingerprint density at radius 3 is 2.34 bits per heavy atom. The number of rotatable bonds is 6. The molecular weight excluding hydrogens is 537 g/mol. The Kier molecular flexibility index (Phi) is 6.87. The summed E-state index contributed by atoms with van der Waals surface area (Å²) in [6.07, 6.45) is -0.0666. The van der Waals surface area contributed by atoms with Crippen molar-refractivity contribution in [3.8, 4) is 5.75 Å². The highest BCUT2D eigenvalue weighted by atomic mass is 35.5. The Morgan fingerprint density at radius 1 is 0.971 bits per heavy atom. The van der Waals surface area contributed by atoms with Crippen LogP contribution in [-0.2, 0) is 24.8 Å². The third-order valence-corrected chi connectivity index (χ3v) is 8.40. The van der Waals surface area contributed by atoms with Gasteiger partial charge in [0.05, 0.1) is 39.1 Å². The summed E-state index contributed by atoms with van der Waals surface area (Å²) in [5, 5.41) is 2.89. The lowest BCUT2D eigenvalue weighted by atomic mass is 10.2. The van der Waals surface area contributed by atoms with Crippen LogP contribution in [0.15, 0.2) is 71.6 Å². The summed E-state index contributed by atoms with van der Waals surface area (Å²) in [7, 11) is -7.63. The van der Waals surface area contributed by atoms with E-state index in [9.17, 15) is 21.6 Å². The number of anilines is 3. The van der Waals surface area contributed by atoms with Gasteiger partial charge < -0.3 is 10.1 Å². The van der Waals surface area contributed by atoms with E-state index in [1.165, 1.54) is 36.4 Å². The molecule has 184 valence electrons. The molecule has 35 heavy (non-hydrogen) atoms. The number of hydrogen-bond donors (Lipinski definition) is 2. The Labute approximate surface area is 212 Å². The molecule has 1 aliphatic heterocycles. The van der Waals surface area contributed by atoms with Crippen molar-refractivity contribution >= 4 is 66.2 Å². The molecule has 0 aromatic heterocycles. The first-order valence-electron chi connectivity index (χ1n) is 10.1. The molecule has 0 bridgehead atoms. The molecule has 0 radical (unpaired) electrons. The maximum Gasteiger partial charge on any atom is 0.267 e. The van der Waals surface area contributed by atoms with E-state index in [0.717, 1.165) is 10.6 Å². The maximum atomic E-state index is 12.8. The van der Waals surface area contributed by atoms with Gasteiger partial charge in [-0.1, -0.05) is 41.4 Å². The number of carbonyl (C=O) groups is 1. The Balaban J connectivity index is 1.49. The fraction of sp³-hybridized carbons (Fsp3) is 0.136. The van der Waals surface area contributed by atoms with E-state index in [4.69, 9.17) is 27.9 Å². The van der Waals surface area contributed by atoms with Crippen LogP contribution in [-0.4, -0.2) is 41.6 Å². The number of nitrogens with zero attached hydrogens (tertiary/aromatic N) is 1. The number of para-hydroxylation sites is 2. The highest BCUT2D eigenvalue weighted by Crippen LogP contribution is 2.35. The molecule has 3 aromatic rings. The van der Waals surface area contributed by atoms with Crippen LogP contribution in [0.5, 0.6) is 5.75 Å². The van der Waals surface area contributed by atoms with Gasteiger partial charge in [0.15, 0.2) is 6.10 Å². The van der Waals surface area contributed by atoms with Crippen LogP contribution in [0.4, 0.5) is 17.1 Å². The highest BCUT2D eigenvalue weighted by molar-refractivity contribution is 7.92. The van der Waals surface area contributed by atoms with Crippen molar-refractivity contribution in [2.45, 2.75) is 11.0 Å². The topological polar surface area (TPSA) is 122 Å². The molecule has 0 saturated carbocycles. The van der Waals surface area contributed by atoms with Crippen LogP contribution in [0.1, 0.15) is 0 Å². The van der Waals surface area contributed by atoms with Crippen molar-refractivity contribution < 1.29 is 26.4 Å². The molecule has 3 aromatic carbocycles. The van der Waals surface area contributed by atoms with Crippen molar-refractivity contribution in [3.05, 3.63) is 76.8 Å². The lowest BCUT2D eigenvalue weighted by Crippen LogP contribution is -2.48. The number of amides is 1. The Morgan fingerprint density at radius 2 is 1.66 bits per heavy atom. The Bertz CT molecular complexity index is 1500. The number of hydrogen-bond acceptors (Lipinski definition) is 6. The van der Waals surface area contributed by atoms with Gasteiger partial charge in [0.25, 0.3) is 15.9 Å². The second-order valence-electron chi connectivity index (χ2n) is 7.59. The minimum absolute atomic E-state index is 0.0684. The molecule has 1 heterocycles. The third kappa shape index (κ3) is 5.48. The van der Waals surface area contributed by atoms with Crippen molar-refractivity contribution in [3.63, 3.8) is 0 Å². The average molecular weight is 556 g/mol. The highest BCUT2D eigenvalue weighted by Gasteiger charge is 2.35. The van der Waals surface area contributed by atoms with Gasteiger partial charge in [0.1, 0.15) is 5.75 Å². The predicted molar refractivity (Wildman–Crippen MR) is 135 cm³/mol. The molecule has 1 aliphatic rings. The standard InChI is InChI=1S/C22H19Cl2N3O6S2/c1-34(29,30)27-13-20(33-19-8-3-2-7-18(19)27)22(28)25-14-9-11-15(12-10-14)35(31,32)26-17-6-4-5-16(23)21(17)24/h2-12,20,26H,13H2,1H3,(H,25,28)/t20-/m1/s1. The third-order valence-electron chi connectivity index (χ3n) is 5.06. The summed E-state index contributed by atoms with van der Waals surface area (Å²) in [4.78, 5) is 12.8. The van der Waals surface area contributed by atoms with Crippen molar-refractivity contribution in [2.75, 3.05) is 27.1 Å². The molecule has 1 amide bonds. The van der Waals surface area contributed by atoms with Crippen molar-refractivity contribution in [1.29, 1.82) is 0 Å². The largest absolute Gasteiger partial charge is 0.476 e. The van der Waals surface area contributed by atoms with Gasteiger partial charge in [0.2, 0.25) is 10.0 Å². The predicted octanol–water partition coefficient (Wildman–Crippen LogP) is 3.96. The van der Waals surface area contributed by atoms with Crippen LogP contribution >= 0.6 is 23.2 Å². The fourth-order valence-electron chi connectivity index (χ4n) is 3.38. The van der Waals surface area contributed by atoms with Crippen molar-refractivity contribution in [2.24, 2.45) is 0 Å². The number of sulfonamides is 2. The van der Waals surface area contributed by atoms with E-state index in [0.29, 0.717) is 11.4 Å². The molecule has 1 atom stereocenters. The normalized spacial score (nSPS) is 15.6. The van der Waals surface area contributed by atoms with Gasteiger partial charge in [-0.3, -0.25) is 13.8 Å². The van der Waals surface area contributed by atoms with E-state index in [1.807, 2.05) is 0 Å². The minimum Gasteiger partial charge on any atom is -0.476 e. The maximum absolute atomic E-state index is 12.8. The van der Waals surface area contributed by atoms with Crippen molar-refractivity contribution in [1.82, 2.24) is 0 Å². The van der Waals surface area contributed by atoms with E-state index < -0.39 is 32.1 Å². The molecule has 0 aliphatic carbocycles. The SMILES string of the molecule is CS(=O)(=O)N1C[C@H](C(=O)Nc2ccc(S(=O)(=O)Nc3cccc(Cl)c3Cl)cc2)Oc2ccccc21. The van der Waals surface area contributed by atoms with E-state index in [2.05, 4.69) is 10.0 Å². The smallest absolute Gasteiger partial charge is 0.267 e. The van der Waals surface area contributed by atoms with Crippen LogP contribution in [0.3, 0.4) is 0 Å². The van der Waals surface area contributed by atoms with E-state index in [1.54, 1.807) is 30.3 Å². The Hall–Kier alpha value is -2.99. The number of halogens is 2. The second-order valence-corrected chi connectivity index (χ2v) is 12.0. The molecular formula is C22H19Cl2N3O6S2. The van der Waals surface area contributed by atoms with Gasteiger partial charge in [0, 0.05) is 5.69 Å². The van der Waals surface area contributed by atoms with E-state index >= 15 is 0 Å². The molecule has 13 heteroatoms. The summed E-state index contributed by atoms with van der Waals surface area (Å²) in [5.74, 6) is -0.330. The van der Waals surface area contributed by atoms with Gasteiger partial charge in [-0.25, -0.2) is 16.8 Å². The number of nitrogens with one attached hydrogen (secondary N) is 2. The first kappa shape index (κ1) is 25.1.